The van der Waals surface area contributed by atoms with Gasteiger partial charge in [-0.3, -0.25) is 9.59 Å². The van der Waals surface area contributed by atoms with E-state index in [-0.39, 0.29) is 18.0 Å². The minimum Gasteiger partial charge on any atom is -0.372 e. The molecule has 6 heteroatoms. The third-order valence-electron chi connectivity index (χ3n) is 3.57. The largest absolute Gasteiger partial charge is 0.372 e. The van der Waals surface area contributed by atoms with Crippen molar-refractivity contribution >= 4 is 17.3 Å². The average Bonchev–Trinajstić information content (AvgIpc) is 2.53. The molecule has 1 aromatic heterocycles. The highest BCUT2D eigenvalue weighted by atomic mass is 16.2. The number of amides is 1. The predicted octanol–water partition coefficient (Wildman–Crippen LogP) is 2.04. The van der Waals surface area contributed by atoms with Crippen molar-refractivity contribution in [1.29, 1.82) is 0 Å². The molecule has 0 unspecified atom stereocenters. The molecule has 122 valence electrons. The van der Waals surface area contributed by atoms with E-state index in [0.717, 1.165) is 23.5 Å². The van der Waals surface area contributed by atoms with Crippen LogP contribution in [0.25, 0.3) is 0 Å². The molecule has 0 atom stereocenters. The Morgan fingerprint density at radius 3 is 2.39 bits per heavy atom. The maximum Gasteiger partial charge on any atom is 0.267 e. The summed E-state index contributed by atoms with van der Waals surface area (Å²) in [5, 5.41) is 6.83. The monoisotopic (exact) mass is 314 g/mol. The molecule has 1 N–H and O–H groups in total. The van der Waals surface area contributed by atoms with Gasteiger partial charge in [-0.15, -0.1) is 0 Å². The molecular formula is C17H22N4O2. The van der Waals surface area contributed by atoms with Gasteiger partial charge < -0.3 is 10.2 Å². The summed E-state index contributed by atoms with van der Waals surface area (Å²) in [4.78, 5) is 25.9. The molecule has 1 aromatic carbocycles. The normalized spacial score (nSPS) is 10.4. The van der Waals surface area contributed by atoms with Gasteiger partial charge >= 0.3 is 0 Å². The first kappa shape index (κ1) is 16.7. The second-order valence-corrected chi connectivity index (χ2v) is 5.24. The smallest absolute Gasteiger partial charge is 0.267 e. The van der Waals surface area contributed by atoms with Gasteiger partial charge in [0.1, 0.15) is 6.54 Å². The number of carbonyl (C=O) groups is 1. The Bertz CT molecular complexity index is 718. The van der Waals surface area contributed by atoms with Crippen molar-refractivity contribution in [2.24, 2.45) is 0 Å². The van der Waals surface area contributed by atoms with Crippen LogP contribution in [-0.4, -0.2) is 28.8 Å². The Hall–Kier alpha value is -2.63. The molecule has 0 bridgehead atoms. The van der Waals surface area contributed by atoms with E-state index < -0.39 is 0 Å². The minimum atomic E-state index is -0.289. The molecule has 0 fully saturated rings. The van der Waals surface area contributed by atoms with Crippen LogP contribution in [0.4, 0.5) is 11.4 Å². The minimum absolute atomic E-state index is 0.0989. The van der Waals surface area contributed by atoms with Crippen LogP contribution < -0.4 is 15.8 Å². The lowest BCUT2D eigenvalue weighted by molar-refractivity contribution is -0.117. The van der Waals surface area contributed by atoms with E-state index >= 15 is 0 Å². The molecule has 0 spiro atoms. The number of hydrogen-bond acceptors (Lipinski definition) is 4. The van der Waals surface area contributed by atoms with Crippen LogP contribution in [0.5, 0.6) is 0 Å². The standard InChI is InChI=1S/C17H22N4O2/c1-4-20(5-2)15-9-7-14(8-10-15)18-16(22)12-21-17(23)11-6-13(3)19-21/h6-11H,4-5,12H2,1-3H3,(H,18,22). The topological polar surface area (TPSA) is 67.2 Å². The van der Waals surface area contributed by atoms with Crippen LogP contribution in [0.3, 0.4) is 0 Å². The van der Waals surface area contributed by atoms with Crippen LogP contribution in [0.2, 0.25) is 0 Å². The fraction of sp³-hybridized carbons (Fsp3) is 0.353. The lowest BCUT2D eigenvalue weighted by Crippen LogP contribution is -2.29. The number of nitrogens with zero attached hydrogens (tertiary/aromatic N) is 3. The summed E-state index contributed by atoms with van der Waals surface area (Å²) in [6, 6.07) is 10.7. The second kappa shape index (κ2) is 7.58. The molecule has 1 heterocycles. The third-order valence-corrected chi connectivity index (χ3v) is 3.57. The van der Waals surface area contributed by atoms with Crippen LogP contribution in [-0.2, 0) is 11.3 Å². The number of aryl methyl sites for hydroxylation is 1. The van der Waals surface area contributed by atoms with E-state index in [2.05, 4.69) is 29.2 Å². The van der Waals surface area contributed by atoms with Crippen LogP contribution >= 0.6 is 0 Å². The highest BCUT2D eigenvalue weighted by Crippen LogP contribution is 2.17. The zero-order valence-corrected chi connectivity index (χ0v) is 13.7. The molecule has 1 amide bonds. The van der Waals surface area contributed by atoms with Crippen molar-refractivity contribution in [3.63, 3.8) is 0 Å². The van der Waals surface area contributed by atoms with Crippen LogP contribution in [0.1, 0.15) is 19.5 Å². The SMILES string of the molecule is CCN(CC)c1ccc(NC(=O)Cn2nc(C)ccc2=O)cc1. The van der Waals surface area contributed by atoms with Gasteiger partial charge in [0.05, 0.1) is 5.69 Å². The maximum absolute atomic E-state index is 12.1. The number of hydrogen-bond donors (Lipinski definition) is 1. The Labute approximate surface area is 135 Å². The van der Waals surface area contributed by atoms with Gasteiger partial charge in [-0.1, -0.05) is 0 Å². The third kappa shape index (κ3) is 4.42. The first-order valence-electron chi connectivity index (χ1n) is 7.73. The van der Waals surface area contributed by atoms with Gasteiger partial charge in [-0.05, 0) is 51.1 Å². The van der Waals surface area contributed by atoms with E-state index in [1.54, 1.807) is 13.0 Å². The summed E-state index contributed by atoms with van der Waals surface area (Å²) in [5.41, 5.74) is 2.22. The van der Waals surface area contributed by atoms with Gasteiger partial charge in [0, 0.05) is 30.5 Å². The van der Waals surface area contributed by atoms with E-state index in [0.29, 0.717) is 11.4 Å². The van der Waals surface area contributed by atoms with Crippen molar-refractivity contribution in [1.82, 2.24) is 9.78 Å². The van der Waals surface area contributed by atoms with Gasteiger partial charge in [-0.25, -0.2) is 4.68 Å². The molecule has 2 rings (SSSR count). The van der Waals surface area contributed by atoms with Gasteiger partial charge in [0.15, 0.2) is 0 Å². The fourth-order valence-electron chi connectivity index (χ4n) is 2.35. The Morgan fingerprint density at radius 2 is 1.78 bits per heavy atom. The summed E-state index contributed by atoms with van der Waals surface area (Å²) in [7, 11) is 0. The van der Waals surface area contributed by atoms with Gasteiger partial charge in [-0.2, -0.15) is 5.10 Å². The summed E-state index contributed by atoms with van der Waals surface area (Å²) >= 11 is 0. The molecule has 23 heavy (non-hydrogen) atoms. The Morgan fingerprint density at radius 1 is 1.13 bits per heavy atom. The molecule has 2 aromatic rings. The number of carbonyl (C=O) groups excluding carboxylic acids is 1. The summed E-state index contributed by atoms with van der Waals surface area (Å²) in [5.74, 6) is -0.277. The first-order chi connectivity index (χ1) is 11.0. The number of benzene rings is 1. The number of rotatable bonds is 6. The quantitative estimate of drug-likeness (QED) is 0.886. The number of aromatic nitrogens is 2. The van der Waals surface area contributed by atoms with E-state index in [1.165, 1.54) is 6.07 Å². The Balaban J connectivity index is 2.03. The molecule has 0 aliphatic heterocycles. The number of anilines is 2. The molecular weight excluding hydrogens is 292 g/mol. The maximum atomic E-state index is 12.1. The van der Waals surface area contributed by atoms with Crippen molar-refractivity contribution < 1.29 is 4.79 Å². The lowest BCUT2D eigenvalue weighted by Gasteiger charge is -2.21. The molecule has 0 aliphatic carbocycles. The molecule has 0 saturated carbocycles. The van der Waals surface area contributed by atoms with Crippen molar-refractivity contribution in [2.45, 2.75) is 27.3 Å². The van der Waals surface area contributed by atoms with E-state index in [1.807, 2.05) is 24.3 Å². The summed E-state index contributed by atoms with van der Waals surface area (Å²) in [6.45, 7) is 7.75. The zero-order chi connectivity index (χ0) is 16.8. The number of nitrogens with one attached hydrogen (secondary N) is 1. The Kier molecular flexibility index (Phi) is 5.51. The second-order valence-electron chi connectivity index (χ2n) is 5.24. The zero-order valence-electron chi connectivity index (χ0n) is 13.7. The van der Waals surface area contributed by atoms with Crippen LogP contribution in [0, 0.1) is 6.92 Å². The fourth-order valence-corrected chi connectivity index (χ4v) is 2.35. The average molecular weight is 314 g/mol. The van der Waals surface area contributed by atoms with E-state index in [9.17, 15) is 9.59 Å². The van der Waals surface area contributed by atoms with Gasteiger partial charge in [0.2, 0.25) is 5.91 Å². The summed E-state index contributed by atoms with van der Waals surface area (Å²) < 4.78 is 1.16. The predicted molar refractivity (Wildman–Crippen MR) is 91.9 cm³/mol. The van der Waals surface area contributed by atoms with Crippen LogP contribution in [0.15, 0.2) is 41.2 Å². The van der Waals surface area contributed by atoms with Crippen molar-refractivity contribution in [3.8, 4) is 0 Å². The molecule has 0 saturated heterocycles. The highest BCUT2D eigenvalue weighted by molar-refractivity contribution is 5.90. The molecule has 0 radical (unpaired) electrons. The van der Waals surface area contributed by atoms with Crippen molar-refractivity contribution in [2.75, 3.05) is 23.3 Å². The lowest BCUT2D eigenvalue weighted by atomic mass is 10.2. The highest BCUT2D eigenvalue weighted by Gasteiger charge is 2.07. The van der Waals surface area contributed by atoms with Crippen molar-refractivity contribution in [3.05, 3.63) is 52.4 Å². The first-order valence-corrected chi connectivity index (χ1v) is 7.73. The van der Waals surface area contributed by atoms with E-state index in [4.69, 9.17) is 0 Å². The van der Waals surface area contributed by atoms with Gasteiger partial charge in [0.25, 0.3) is 5.56 Å². The summed E-state index contributed by atoms with van der Waals surface area (Å²) in [6.07, 6.45) is 0. The molecule has 6 nitrogen and oxygen atoms in total. The molecule has 0 aliphatic rings.